The third kappa shape index (κ3) is 3.50. The fourth-order valence-electron chi connectivity index (χ4n) is 2.84. The lowest BCUT2D eigenvalue weighted by molar-refractivity contribution is 0.174. The van der Waals surface area contributed by atoms with Crippen LogP contribution in [0.3, 0.4) is 0 Å². The molecule has 0 amide bonds. The fourth-order valence-corrected chi connectivity index (χ4v) is 2.84. The lowest BCUT2D eigenvalue weighted by Gasteiger charge is -2.30. The predicted molar refractivity (Wildman–Crippen MR) is 83.6 cm³/mol. The van der Waals surface area contributed by atoms with Crippen molar-refractivity contribution < 1.29 is 9.47 Å². The Morgan fingerprint density at radius 3 is 2.81 bits per heavy atom. The van der Waals surface area contributed by atoms with Crippen LogP contribution in [0, 0.1) is 11.8 Å². The van der Waals surface area contributed by atoms with Gasteiger partial charge in [0.2, 0.25) is 6.79 Å². The van der Waals surface area contributed by atoms with Crippen molar-refractivity contribution in [3.05, 3.63) is 23.8 Å². The topological polar surface area (TPSA) is 56.5 Å². The molecule has 1 aliphatic heterocycles. The first-order chi connectivity index (χ1) is 10.1. The zero-order valence-corrected chi connectivity index (χ0v) is 13.0. The van der Waals surface area contributed by atoms with Crippen LogP contribution >= 0.6 is 0 Å². The van der Waals surface area contributed by atoms with Gasteiger partial charge in [-0.3, -0.25) is 0 Å². The summed E-state index contributed by atoms with van der Waals surface area (Å²) in [4.78, 5) is 0. The van der Waals surface area contributed by atoms with Gasteiger partial charge in [-0.25, -0.2) is 0 Å². The van der Waals surface area contributed by atoms with Gasteiger partial charge in [0.15, 0.2) is 11.5 Å². The van der Waals surface area contributed by atoms with Crippen LogP contribution in [0.5, 0.6) is 11.5 Å². The Labute approximate surface area is 127 Å². The lowest BCUT2D eigenvalue weighted by Crippen LogP contribution is -2.49. The Bertz CT molecular complexity index is 506. The van der Waals surface area contributed by atoms with Crippen molar-refractivity contribution in [2.24, 2.45) is 17.6 Å². The van der Waals surface area contributed by atoms with Gasteiger partial charge in [-0.15, -0.1) is 0 Å². The van der Waals surface area contributed by atoms with Gasteiger partial charge in [0.05, 0.1) is 0 Å². The van der Waals surface area contributed by atoms with E-state index in [1.807, 2.05) is 6.07 Å². The zero-order valence-electron chi connectivity index (χ0n) is 13.0. The molecule has 2 aliphatic rings. The Morgan fingerprint density at radius 2 is 2.10 bits per heavy atom. The molecular weight excluding hydrogens is 264 g/mol. The van der Waals surface area contributed by atoms with Crippen LogP contribution in [0.15, 0.2) is 18.2 Å². The molecule has 3 unspecified atom stereocenters. The van der Waals surface area contributed by atoms with E-state index in [1.54, 1.807) is 0 Å². The Hall–Kier alpha value is -1.26. The molecule has 4 nitrogen and oxygen atoms in total. The Morgan fingerprint density at radius 1 is 1.33 bits per heavy atom. The summed E-state index contributed by atoms with van der Waals surface area (Å²) in [6, 6.07) is 6.20. The van der Waals surface area contributed by atoms with Gasteiger partial charge in [0.1, 0.15) is 0 Å². The van der Waals surface area contributed by atoms with Crippen molar-refractivity contribution in [3.8, 4) is 11.5 Å². The van der Waals surface area contributed by atoms with E-state index in [4.69, 9.17) is 15.2 Å². The van der Waals surface area contributed by atoms with Gasteiger partial charge in [0, 0.05) is 12.1 Å². The molecule has 1 aliphatic carbocycles. The average molecular weight is 290 g/mol. The molecule has 0 bridgehead atoms. The van der Waals surface area contributed by atoms with Crippen molar-refractivity contribution in [1.29, 1.82) is 0 Å². The van der Waals surface area contributed by atoms with Crippen LogP contribution in [-0.2, 0) is 6.42 Å². The Balaban J connectivity index is 1.54. The molecule has 3 rings (SSSR count). The number of fused-ring (bicyclic) bond motifs is 1. The molecule has 4 heteroatoms. The molecule has 1 saturated carbocycles. The summed E-state index contributed by atoms with van der Waals surface area (Å²) in [6.45, 7) is 6.64. The van der Waals surface area contributed by atoms with Gasteiger partial charge < -0.3 is 20.5 Å². The molecule has 3 N–H and O–H groups in total. The highest BCUT2D eigenvalue weighted by molar-refractivity contribution is 5.44. The second-order valence-corrected chi connectivity index (χ2v) is 6.81. The molecule has 116 valence electrons. The monoisotopic (exact) mass is 290 g/mol. The SMILES string of the molecule is CC1CC1CNC(C)(CN)CCc1ccc2c(c1)OCO2. The van der Waals surface area contributed by atoms with Crippen molar-refractivity contribution in [2.45, 2.75) is 38.6 Å². The highest BCUT2D eigenvalue weighted by Crippen LogP contribution is 2.37. The number of nitrogens with one attached hydrogen (secondary N) is 1. The molecule has 1 aromatic rings. The number of nitrogens with two attached hydrogens (primary N) is 1. The minimum absolute atomic E-state index is 0.0126. The molecule has 0 aromatic heterocycles. The number of aryl methyl sites for hydroxylation is 1. The maximum Gasteiger partial charge on any atom is 0.231 e. The smallest absolute Gasteiger partial charge is 0.231 e. The fraction of sp³-hybridized carbons (Fsp3) is 0.647. The number of rotatable bonds is 7. The van der Waals surface area contributed by atoms with Gasteiger partial charge in [-0.2, -0.15) is 0 Å². The number of benzene rings is 1. The second kappa shape index (κ2) is 5.85. The zero-order chi connectivity index (χ0) is 14.9. The first-order valence-corrected chi connectivity index (χ1v) is 7.93. The van der Waals surface area contributed by atoms with Crippen LogP contribution in [0.2, 0.25) is 0 Å². The normalized spacial score (nSPS) is 25.7. The Kier molecular flexibility index (Phi) is 4.09. The quantitative estimate of drug-likeness (QED) is 0.809. The summed E-state index contributed by atoms with van der Waals surface area (Å²) in [6.07, 6.45) is 3.39. The summed E-state index contributed by atoms with van der Waals surface area (Å²) in [5.41, 5.74) is 7.29. The summed E-state index contributed by atoms with van der Waals surface area (Å²) < 4.78 is 10.8. The van der Waals surface area contributed by atoms with E-state index in [2.05, 4.69) is 31.3 Å². The largest absolute Gasteiger partial charge is 0.454 e. The molecule has 21 heavy (non-hydrogen) atoms. The van der Waals surface area contributed by atoms with E-state index in [9.17, 15) is 0 Å². The van der Waals surface area contributed by atoms with Crippen molar-refractivity contribution in [2.75, 3.05) is 19.9 Å². The molecule has 1 fully saturated rings. The molecule has 1 heterocycles. The van der Waals surface area contributed by atoms with Crippen molar-refractivity contribution in [1.82, 2.24) is 5.32 Å². The van der Waals surface area contributed by atoms with Crippen LogP contribution in [0.25, 0.3) is 0 Å². The average Bonchev–Trinajstić information content (AvgIpc) is 3.01. The van der Waals surface area contributed by atoms with E-state index in [1.165, 1.54) is 12.0 Å². The standard InChI is InChI=1S/C17H26N2O2/c1-12-7-14(12)9-19-17(2,10-18)6-5-13-3-4-15-16(8-13)21-11-20-15/h3-4,8,12,14,19H,5-7,9-11,18H2,1-2H3. The molecular formula is C17H26N2O2. The summed E-state index contributed by atoms with van der Waals surface area (Å²) in [5.74, 6) is 3.44. The predicted octanol–water partition coefficient (Wildman–Crippen LogP) is 2.31. The highest BCUT2D eigenvalue weighted by Gasteiger charge is 2.34. The summed E-state index contributed by atoms with van der Waals surface area (Å²) >= 11 is 0. The van der Waals surface area contributed by atoms with Crippen LogP contribution in [0.4, 0.5) is 0 Å². The third-order valence-corrected chi connectivity index (χ3v) is 4.92. The molecule has 1 aromatic carbocycles. The highest BCUT2D eigenvalue weighted by atomic mass is 16.7. The maximum absolute atomic E-state index is 6.00. The summed E-state index contributed by atoms with van der Waals surface area (Å²) in [5, 5.41) is 3.68. The first kappa shape index (κ1) is 14.7. The van der Waals surface area contributed by atoms with E-state index >= 15 is 0 Å². The van der Waals surface area contributed by atoms with Crippen molar-refractivity contribution >= 4 is 0 Å². The number of hydrogen-bond donors (Lipinski definition) is 2. The molecule has 0 radical (unpaired) electrons. The van der Waals surface area contributed by atoms with Crippen LogP contribution < -0.4 is 20.5 Å². The van der Waals surface area contributed by atoms with E-state index in [0.717, 1.165) is 42.7 Å². The van der Waals surface area contributed by atoms with Gasteiger partial charge >= 0.3 is 0 Å². The van der Waals surface area contributed by atoms with Crippen LogP contribution in [0.1, 0.15) is 32.3 Å². The minimum atomic E-state index is 0.0126. The first-order valence-electron chi connectivity index (χ1n) is 7.93. The summed E-state index contributed by atoms with van der Waals surface area (Å²) in [7, 11) is 0. The van der Waals surface area contributed by atoms with Crippen molar-refractivity contribution in [3.63, 3.8) is 0 Å². The second-order valence-electron chi connectivity index (χ2n) is 6.81. The molecule has 0 spiro atoms. The van der Waals surface area contributed by atoms with Gasteiger partial charge in [-0.1, -0.05) is 13.0 Å². The number of ether oxygens (including phenoxy) is 2. The van der Waals surface area contributed by atoms with E-state index in [-0.39, 0.29) is 5.54 Å². The van der Waals surface area contributed by atoms with Gasteiger partial charge in [0.25, 0.3) is 0 Å². The number of hydrogen-bond acceptors (Lipinski definition) is 4. The van der Waals surface area contributed by atoms with E-state index < -0.39 is 0 Å². The third-order valence-electron chi connectivity index (χ3n) is 4.92. The van der Waals surface area contributed by atoms with E-state index in [0.29, 0.717) is 13.3 Å². The molecule has 3 atom stereocenters. The maximum atomic E-state index is 6.00. The van der Waals surface area contributed by atoms with Crippen LogP contribution in [-0.4, -0.2) is 25.4 Å². The lowest BCUT2D eigenvalue weighted by atomic mass is 9.93. The minimum Gasteiger partial charge on any atom is -0.454 e. The van der Waals surface area contributed by atoms with Gasteiger partial charge in [-0.05, 0) is 62.3 Å². The molecule has 0 saturated heterocycles.